The number of aromatic carboxylic acids is 1. The third-order valence-corrected chi connectivity index (χ3v) is 4.42. The Morgan fingerprint density at radius 2 is 1.96 bits per heavy atom. The lowest BCUT2D eigenvalue weighted by atomic mass is 10.2. The summed E-state index contributed by atoms with van der Waals surface area (Å²) in [5.41, 5.74) is -0.446. The van der Waals surface area contributed by atoms with Crippen LogP contribution in [-0.4, -0.2) is 31.2 Å². The van der Waals surface area contributed by atoms with Crippen molar-refractivity contribution in [1.29, 1.82) is 0 Å². The summed E-state index contributed by atoms with van der Waals surface area (Å²) < 4.78 is 8.01. The van der Waals surface area contributed by atoms with Gasteiger partial charge in [-0.25, -0.2) is 9.59 Å². The van der Waals surface area contributed by atoms with E-state index >= 15 is 0 Å². The van der Waals surface area contributed by atoms with Gasteiger partial charge in [-0.15, -0.1) is 0 Å². The third kappa shape index (κ3) is 5.03. The molecule has 2 aromatic rings. The number of ether oxygens (including phenoxy) is 1. The van der Waals surface area contributed by atoms with Crippen LogP contribution < -0.4 is 11.2 Å². The van der Waals surface area contributed by atoms with Crippen molar-refractivity contribution in [3.63, 3.8) is 0 Å². The zero-order valence-corrected chi connectivity index (χ0v) is 14.9. The molecule has 0 saturated carbocycles. The molecule has 8 heteroatoms. The topological polar surface area (TPSA) is 101 Å². The second-order valence-electron chi connectivity index (χ2n) is 5.13. The van der Waals surface area contributed by atoms with Gasteiger partial charge in [0.1, 0.15) is 6.23 Å². The van der Waals surface area contributed by atoms with Gasteiger partial charge in [-0.05, 0) is 25.0 Å². The maximum atomic E-state index is 11.4. The lowest BCUT2D eigenvalue weighted by molar-refractivity contribution is 0.0112. The quantitative estimate of drug-likeness (QED) is 0.558. The molecule has 2 atom stereocenters. The SMILES string of the molecule is O=C(O)c1ccccc1.O=c1ccn(C2CCC(CI)O2)c(=O)[nH]1. The van der Waals surface area contributed by atoms with Crippen LogP contribution in [0.4, 0.5) is 0 Å². The average Bonchev–Trinajstić information content (AvgIpc) is 3.05. The first-order valence-electron chi connectivity index (χ1n) is 7.32. The average molecular weight is 444 g/mol. The first-order chi connectivity index (χ1) is 11.5. The Balaban J connectivity index is 0.000000198. The summed E-state index contributed by atoms with van der Waals surface area (Å²) in [5.74, 6) is -0.879. The van der Waals surface area contributed by atoms with Crippen molar-refractivity contribution in [3.05, 3.63) is 69.0 Å². The summed E-state index contributed by atoms with van der Waals surface area (Å²) in [7, 11) is 0. The van der Waals surface area contributed by atoms with E-state index in [1.54, 1.807) is 30.3 Å². The Morgan fingerprint density at radius 3 is 2.46 bits per heavy atom. The summed E-state index contributed by atoms with van der Waals surface area (Å²) in [6.07, 6.45) is 3.25. The molecule has 1 aromatic carbocycles. The first-order valence-corrected chi connectivity index (χ1v) is 8.85. The standard InChI is InChI=1S/C9H11IN2O3.C7H6O2/c10-5-6-1-2-8(15-6)12-4-3-7(13)11-9(12)14;8-7(9)6-4-2-1-3-5-6/h3-4,6,8H,1-2,5H2,(H,11,13,14);1-5H,(H,8,9). The van der Waals surface area contributed by atoms with E-state index in [2.05, 4.69) is 27.6 Å². The number of carboxylic acids is 1. The van der Waals surface area contributed by atoms with Crippen molar-refractivity contribution in [2.45, 2.75) is 25.2 Å². The predicted octanol–water partition coefficient (Wildman–Crippen LogP) is 2.03. The lowest BCUT2D eigenvalue weighted by Gasteiger charge is -2.13. The smallest absolute Gasteiger partial charge is 0.335 e. The lowest BCUT2D eigenvalue weighted by Crippen LogP contribution is -2.31. The number of hydrogen-bond donors (Lipinski definition) is 2. The zero-order valence-electron chi connectivity index (χ0n) is 12.7. The van der Waals surface area contributed by atoms with Crippen molar-refractivity contribution >= 4 is 28.6 Å². The van der Waals surface area contributed by atoms with E-state index in [0.717, 1.165) is 17.3 Å². The second-order valence-corrected chi connectivity index (χ2v) is 6.01. The second kappa shape index (κ2) is 8.78. The summed E-state index contributed by atoms with van der Waals surface area (Å²) >= 11 is 2.26. The molecule has 1 fully saturated rings. The van der Waals surface area contributed by atoms with Crippen molar-refractivity contribution in [2.75, 3.05) is 4.43 Å². The van der Waals surface area contributed by atoms with Gasteiger partial charge in [0, 0.05) is 16.7 Å². The van der Waals surface area contributed by atoms with E-state index in [9.17, 15) is 14.4 Å². The molecule has 1 aromatic heterocycles. The van der Waals surface area contributed by atoms with Crippen molar-refractivity contribution in [3.8, 4) is 0 Å². The number of carbonyl (C=O) groups is 1. The van der Waals surface area contributed by atoms with E-state index in [1.807, 2.05) is 0 Å². The number of nitrogens with one attached hydrogen (secondary N) is 1. The molecule has 0 bridgehead atoms. The van der Waals surface area contributed by atoms with Crippen LogP contribution in [0.5, 0.6) is 0 Å². The number of halogens is 1. The Bertz CT molecular complexity index is 787. The molecule has 2 heterocycles. The van der Waals surface area contributed by atoms with Crippen LogP contribution in [0.25, 0.3) is 0 Å². The Labute approximate surface area is 151 Å². The van der Waals surface area contributed by atoms with E-state index in [-0.39, 0.29) is 17.9 Å². The number of aromatic nitrogens is 2. The highest BCUT2D eigenvalue weighted by Crippen LogP contribution is 2.27. The van der Waals surface area contributed by atoms with Gasteiger partial charge >= 0.3 is 11.7 Å². The van der Waals surface area contributed by atoms with Crippen molar-refractivity contribution < 1.29 is 14.6 Å². The van der Waals surface area contributed by atoms with Crippen LogP contribution in [0.2, 0.25) is 0 Å². The number of alkyl halides is 1. The van der Waals surface area contributed by atoms with Gasteiger partial charge in [0.25, 0.3) is 5.56 Å². The Morgan fingerprint density at radius 1 is 1.25 bits per heavy atom. The van der Waals surface area contributed by atoms with Crippen LogP contribution in [0.15, 0.2) is 52.2 Å². The highest BCUT2D eigenvalue weighted by molar-refractivity contribution is 14.1. The highest BCUT2D eigenvalue weighted by Gasteiger charge is 2.26. The number of carboxylic acid groups (broad SMARTS) is 1. The summed E-state index contributed by atoms with van der Waals surface area (Å²) in [4.78, 5) is 34.7. The molecule has 0 radical (unpaired) electrons. The highest BCUT2D eigenvalue weighted by atomic mass is 127. The minimum Gasteiger partial charge on any atom is -0.478 e. The fraction of sp³-hybridized carbons (Fsp3) is 0.312. The summed E-state index contributed by atoms with van der Waals surface area (Å²) in [5, 5.41) is 8.38. The number of benzene rings is 1. The van der Waals surface area contributed by atoms with Crippen LogP contribution in [0.1, 0.15) is 29.4 Å². The van der Waals surface area contributed by atoms with Crippen molar-refractivity contribution in [1.82, 2.24) is 9.55 Å². The molecule has 0 amide bonds. The summed E-state index contributed by atoms with van der Waals surface area (Å²) in [6.45, 7) is 0. The molecule has 0 spiro atoms. The number of rotatable bonds is 3. The van der Waals surface area contributed by atoms with E-state index in [4.69, 9.17) is 9.84 Å². The van der Waals surface area contributed by atoms with E-state index in [0.29, 0.717) is 5.56 Å². The molecule has 2 unspecified atom stereocenters. The Kier molecular flexibility index (Phi) is 6.73. The minimum absolute atomic E-state index is 0.217. The molecule has 128 valence electrons. The van der Waals surface area contributed by atoms with E-state index in [1.165, 1.54) is 16.8 Å². The Hall–Kier alpha value is -1.94. The van der Waals surface area contributed by atoms with Gasteiger partial charge in [-0.3, -0.25) is 14.3 Å². The number of nitrogens with zero attached hydrogens (tertiary/aromatic N) is 1. The molecule has 24 heavy (non-hydrogen) atoms. The fourth-order valence-electron chi connectivity index (χ4n) is 2.24. The molecular formula is C16H17IN2O5. The van der Waals surface area contributed by atoms with Crippen LogP contribution in [0.3, 0.4) is 0 Å². The van der Waals surface area contributed by atoms with Gasteiger partial charge in [0.2, 0.25) is 0 Å². The monoisotopic (exact) mass is 444 g/mol. The summed E-state index contributed by atoms with van der Waals surface area (Å²) in [6, 6.07) is 9.63. The maximum absolute atomic E-state index is 11.4. The van der Waals surface area contributed by atoms with Gasteiger partial charge < -0.3 is 9.84 Å². The number of aromatic amines is 1. The fourth-order valence-corrected chi connectivity index (χ4v) is 2.89. The third-order valence-electron chi connectivity index (χ3n) is 3.44. The van der Waals surface area contributed by atoms with Crippen LogP contribution in [-0.2, 0) is 4.74 Å². The first kappa shape index (κ1) is 18.4. The molecule has 3 rings (SSSR count). The van der Waals surface area contributed by atoms with Gasteiger partial charge in [-0.2, -0.15) is 0 Å². The normalized spacial score (nSPS) is 19.4. The van der Waals surface area contributed by atoms with Gasteiger partial charge in [0.05, 0.1) is 11.7 Å². The van der Waals surface area contributed by atoms with Crippen LogP contribution >= 0.6 is 22.6 Å². The van der Waals surface area contributed by atoms with E-state index < -0.39 is 11.7 Å². The number of H-pyrrole nitrogens is 1. The molecule has 1 aliphatic heterocycles. The molecule has 7 nitrogen and oxygen atoms in total. The maximum Gasteiger partial charge on any atom is 0.335 e. The predicted molar refractivity (Wildman–Crippen MR) is 96.8 cm³/mol. The molecule has 1 aliphatic rings. The largest absolute Gasteiger partial charge is 0.478 e. The molecule has 1 saturated heterocycles. The van der Waals surface area contributed by atoms with Gasteiger partial charge in [0.15, 0.2) is 0 Å². The minimum atomic E-state index is -0.879. The molecule has 0 aliphatic carbocycles. The van der Waals surface area contributed by atoms with Crippen LogP contribution in [0, 0.1) is 0 Å². The molecule has 2 N–H and O–H groups in total. The zero-order chi connectivity index (χ0) is 17.5. The number of hydrogen-bond acceptors (Lipinski definition) is 4. The van der Waals surface area contributed by atoms with Crippen molar-refractivity contribution in [2.24, 2.45) is 0 Å². The molecular weight excluding hydrogens is 427 g/mol. The van der Waals surface area contributed by atoms with Gasteiger partial charge in [-0.1, -0.05) is 40.8 Å².